The molecule has 2 heteroatoms. The summed E-state index contributed by atoms with van der Waals surface area (Å²) < 4.78 is 2.42. The Morgan fingerprint density at radius 2 is 0.893 bits per heavy atom. The summed E-state index contributed by atoms with van der Waals surface area (Å²) in [6.07, 6.45) is 0. The van der Waals surface area contributed by atoms with Gasteiger partial charge in [-0.2, -0.15) is 0 Å². The summed E-state index contributed by atoms with van der Waals surface area (Å²) >= 11 is 0. The summed E-state index contributed by atoms with van der Waals surface area (Å²) in [7, 11) is 0. The van der Waals surface area contributed by atoms with Crippen LogP contribution in [0.1, 0.15) is 0 Å². The molecule has 1 heterocycles. The van der Waals surface area contributed by atoms with E-state index < -0.39 is 0 Å². The number of para-hydroxylation sites is 2. The molecule has 0 aliphatic heterocycles. The Balaban J connectivity index is 1.05. The van der Waals surface area contributed by atoms with Gasteiger partial charge in [0.15, 0.2) is 0 Å². The van der Waals surface area contributed by atoms with E-state index in [0.29, 0.717) is 0 Å². The molecule has 262 valence electrons. The van der Waals surface area contributed by atoms with Gasteiger partial charge in [0.05, 0.1) is 11.0 Å². The molecule has 0 N–H and O–H groups in total. The highest BCUT2D eigenvalue weighted by Crippen LogP contribution is 2.44. The van der Waals surface area contributed by atoms with E-state index in [0.717, 1.165) is 22.7 Å². The molecule has 0 unspecified atom stereocenters. The Hall–Kier alpha value is -7.42. The number of anilines is 3. The van der Waals surface area contributed by atoms with E-state index in [-0.39, 0.29) is 0 Å². The molecule has 0 bridgehead atoms. The van der Waals surface area contributed by atoms with Gasteiger partial charge in [0.2, 0.25) is 0 Å². The van der Waals surface area contributed by atoms with Gasteiger partial charge in [-0.3, -0.25) is 0 Å². The number of hydrogen-bond donors (Lipinski definition) is 0. The van der Waals surface area contributed by atoms with Gasteiger partial charge in [0.1, 0.15) is 0 Å². The van der Waals surface area contributed by atoms with Crippen LogP contribution in [0.3, 0.4) is 0 Å². The lowest BCUT2D eigenvalue weighted by Gasteiger charge is -2.26. The van der Waals surface area contributed by atoms with Gasteiger partial charge in [-0.15, -0.1) is 0 Å². The molecular formula is C54H36N2. The van der Waals surface area contributed by atoms with Crippen molar-refractivity contribution in [3.8, 4) is 27.9 Å². The molecule has 0 aliphatic rings. The summed E-state index contributed by atoms with van der Waals surface area (Å²) in [6.45, 7) is 0. The molecule has 2 nitrogen and oxygen atoms in total. The maximum Gasteiger partial charge on any atom is 0.0547 e. The molecule has 0 spiro atoms. The second kappa shape index (κ2) is 13.2. The Morgan fingerprint density at radius 3 is 1.71 bits per heavy atom. The van der Waals surface area contributed by atoms with Crippen molar-refractivity contribution >= 4 is 71.2 Å². The Morgan fingerprint density at radius 1 is 0.304 bits per heavy atom. The topological polar surface area (TPSA) is 8.17 Å². The Bertz CT molecular complexity index is 3230. The third-order valence-corrected chi connectivity index (χ3v) is 11.3. The van der Waals surface area contributed by atoms with Gasteiger partial charge in [0, 0.05) is 33.5 Å². The lowest BCUT2D eigenvalue weighted by Crippen LogP contribution is -2.09. The van der Waals surface area contributed by atoms with E-state index in [1.165, 1.54) is 76.4 Å². The summed E-state index contributed by atoms with van der Waals surface area (Å²) in [5, 5.41) is 10.1. The maximum absolute atomic E-state index is 2.42. The highest BCUT2D eigenvalue weighted by Gasteiger charge is 2.20. The molecule has 11 rings (SSSR count). The minimum absolute atomic E-state index is 1.10. The van der Waals surface area contributed by atoms with Crippen LogP contribution in [-0.2, 0) is 0 Å². The lowest BCUT2D eigenvalue weighted by molar-refractivity contribution is 1.18. The minimum atomic E-state index is 1.10. The van der Waals surface area contributed by atoms with E-state index in [1.54, 1.807) is 0 Å². The van der Waals surface area contributed by atoms with Gasteiger partial charge in [-0.25, -0.2) is 0 Å². The Kier molecular flexibility index (Phi) is 7.53. The molecule has 10 aromatic carbocycles. The molecule has 0 aliphatic carbocycles. The van der Waals surface area contributed by atoms with Crippen LogP contribution in [0.25, 0.3) is 82.1 Å². The van der Waals surface area contributed by atoms with Gasteiger partial charge in [-0.05, 0) is 121 Å². The van der Waals surface area contributed by atoms with Crippen molar-refractivity contribution in [1.82, 2.24) is 4.57 Å². The second-order valence-electron chi connectivity index (χ2n) is 14.5. The Labute approximate surface area is 325 Å². The SMILES string of the molecule is c1ccc(N(c2ccc(-c3ccc4c(ccc5ccccc54)c3)cc2)c2cccc(-c3cccc4c3c3c5ccccc5ccc3n4-c3ccccc3)c2)cc1. The van der Waals surface area contributed by atoms with Crippen LogP contribution in [0.4, 0.5) is 17.1 Å². The summed E-state index contributed by atoms with van der Waals surface area (Å²) in [5.74, 6) is 0. The minimum Gasteiger partial charge on any atom is -0.310 e. The van der Waals surface area contributed by atoms with Gasteiger partial charge in [-0.1, -0.05) is 152 Å². The zero-order chi connectivity index (χ0) is 37.0. The van der Waals surface area contributed by atoms with Crippen LogP contribution in [0.2, 0.25) is 0 Å². The standard InChI is InChI=1S/C54H36N2/c1-3-16-43(17-4-1)55(45-31-27-37(28-32-45)40-29-33-48-42(35-40)26-25-38-13-7-9-21-47(38)48)46-20-11-15-41(36-46)50-23-12-24-51-54(50)53-49-22-10-8-14-39(49)30-34-52(53)56(51)44-18-5-2-6-19-44/h1-36H. The fourth-order valence-electron chi connectivity index (χ4n) is 8.76. The average molecular weight is 713 g/mol. The van der Waals surface area contributed by atoms with Crippen molar-refractivity contribution in [3.63, 3.8) is 0 Å². The number of rotatable bonds is 6. The van der Waals surface area contributed by atoms with Crippen LogP contribution in [-0.4, -0.2) is 4.57 Å². The van der Waals surface area contributed by atoms with Crippen molar-refractivity contribution in [2.45, 2.75) is 0 Å². The van der Waals surface area contributed by atoms with Crippen molar-refractivity contribution in [3.05, 3.63) is 218 Å². The van der Waals surface area contributed by atoms with E-state index >= 15 is 0 Å². The van der Waals surface area contributed by atoms with Crippen LogP contribution in [0, 0.1) is 0 Å². The van der Waals surface area contributed by atoms with Crippen LogP contribution >= 0.6 is 0 Å². The van der Waals surface area contributed by atoms with Crippen LogP contribution in [0.5, 0.6) is 0 Å². The third-order valence-electron chi connectivity index (χ3n) is 11.3. The van der Waals surface area contributed by atoms with Gasteiger partial charge in [0.25, 0.3) is 0 Å². The van der Waals surface area contributed by atoms with E-state index in [4.69, 9.17) is 0 Å². The van der Waals surface area contributed by atoms with Crippen molar-refractivity contribution in [2.24, 2.45) is 0 Å². The predicted octanol–water partition coefficient (Wildman–Crippen LogP) is 15.0. The first-order valence-corrected chi connectivity index (χ1v) is 19.3. The first-order chi connectivity index (χ1) is 27.8. The second-order valence-corrected chi connectivity index (χ2v) is 14.5. The molecule has 0 saturated heterocycles. The number of nitrogens with zero attached hydrogens (tertiary/aromatic N) is 2. The summed E-state index contributed by atoms with van der Waals surface area (Å²) in [4.78, 5) is 2.36. The van der Waals surface area contributed by atoms with E-state index in [1.807, 2.05) is 0 Å². The number of fused-ring (bicyclic) bond motifs is 8. The third kappa shape index (κ3) is 5.26. The zero-order valence-electron chi connectivity index (χ0n) is 30.7. The summed E-state index contributed by atoms with van der Waals surface area (Å²) in [5.41, 5.74) is 11.7. The molecule has 0 atom stereocenters. The molecule has 0 saturated carbocycles. The highest BCUT2D eigenvalue weighted by atomic mass is 15.1. The largest absolute Gasteiger partial charge is 0.310 e. The molecular weight excluding hydrogens is 677 g/mol. The van der Waals surface area contributed by atoms with Gasteiger partial charge < -0.3 is 9.47 Å². The predicted molar refractivity (Wildman–Crippen MR) is 239 cm³/mol. The molecule has 0 amide bonds. The maximum atomic E-state index is 2.42. The smallest absolute Gasteiger partial charge is 0.0547 e. The molecule has 1 aromatic heterocycles. The fourth-order valence-corrected chi connectivity index (χ4v) is 8.76. The number of aromatic nitrogens is 1. The zero-order valence-corrected chi connectivity index (χ0v) is 30.7. The molecule has 11 aromatic rings. The van der Waals surface area contributed by atoms with E-state index in [9.17, 15) is 0 Å². The number of hydrogen-bond acceptors (Lipinski definition) is 1. The lowest BCUT2D eigenvalue weighted by atomic mass is 9.96. The summed E-state index contributed by atoms with van der Waals surface area (Å²) in [6, 6.07) is 79.4. The number of benzene rings is 10. The fraction of sp³-hybridized carbons (Fsp3) is 0. The first-order valence-electron chi connectivity index (χ1n) is 19.3. The normalized spacial score (nSPS) is 11.6. The van der Waals surface area contributed by atoms with Crippen molar-refractivity contribution in [1.29, 1.82) is 0 Å². The quantitative estimate of drug-likeness (QED) is 0.156. The van der Waals surface area contributed by atoms with Crippen LogP contribution < -0.4 is 4.90 Å². The van der Waals surface area contributed by atoms with E-state index in [2.05, 4.69) is 228 Å². The monoisotopic (exact) mass is 712 g/mol. The molecule has 0 fully saturated rings. The van der Waals surface area contributed by atoms with Crippen molar-refractivity contribution in [2.75, 3.05) is 4.90 Å². The molecule has 0 radical (unpaired) electrons. The highest BCUT2D eigenvalue weighted by molar-refractivity contribution is 6.25. The first kappa shape index (κ1) is 32.0. The van der Waals surface area contributed by atoms with Crippen LogP contribution in [0.15, 0.2) is 218 Å². The van der Waals surface area contributed by atoms with Gasteiger partial charge >= 0.3 is 0 Å². The van der Waals surface area contributed by atoms with Crippen molar-refractivity contribution < 1.29 is 0 Å². The average Bonchev–Trinajstić information content (AvgIpc) is 3.62. The molecule has 56 heavy (non-hydrogen) atoms.